The molecule has 3 atom stereocenters. The normalized spacial score (nSPS) is 26.9. The lowest BCUT2D eigenvalue weighted by atomic mass is 9.98. The smallest absolute Gasteiger partial charge is 0.170 e. The first-order chi connectivity index (χ1) is 17.0. The molecule has 186 valence electrons. The molecular weight excluding hydrogens is 444 g/mol. The van der Waals surface area contributed by atoms with E-state index in [0.717, 1.165) is 74.3 Å². The number of aliphatic hydroxyl groups excluding tert-OH is 2. The summed E-state index contributed by atoms with van der Waals surface area (Å²) in [6, 6.07) is 14.6. The molecule has 1 aliphatic carbocycles. The van der Waals surface area contributed by atoms with Gasteiger partial charge in [0, 0.05) is 31.9 Å². The third kappa shape index (κ3) is 5.84. The van der Waals surface area contributed by atoms with Crippen LogP contribution in [0.1, 0.15) is 24.8 Å². The molecule has 1 saturated carbocycles. The number of benzene rings is 2. The van der Waals surface area contributed by atoms with Crippen LogP contribution >= 0.6 is 0 Å². The molecule has 8 heteroatoms. The highest BCUT2D eigenvalue weighted by atomic mass is 16.6. The standard InChI is InChI=1S/C27H34N4O4/c28-17-22(27(5-6-27)30-25-16-24(32)18-35-26(25)33)14-19-1-2-21-15-23(4-3-20(21)13-19)29-7-8-31-9-11-34-12-10-31/h1-4,13-15,24-26,29-30,32-33H,5-12,16,18H2/b22-14+. The number of hydrogen-bond donors (Lipinski definition) is 4. The molecule has 0 amide bonds. The lowest BCUT2D eigenvalue weighted by Crippen LogP contribution is -2.53. The van der Waals surface area contributed by atoms with Gasteiger partial charge in [0.05, 0.1) is 49.1 Å². The fourth-order valence-corrected chi connectivity index (χ4v) is 5.00. The Morgan fingerprint density at radius 2 is 1.91 bits per heavy atom. The maximum absolute atomic E-state index is 10.2. The van der Waals surface area contributed by atoms with E-state index in [1.807, 2.05) is 12.1 Å². The van der Waals surface area contributed by atoms with Gasteiger partial charge in [0.1, 0.15) is 0 Å². The molecular formula is C27H34N4O4. The maximum atomic E-state index is 10.2. The van der Waals surface area contributed by atoms with E-state index in [0.29, 0.717) is 12.0 Å². The molecule has 4 N–H and O–H groups in total. The zero-order chi connectivity index (χ0) is 24.3. The van der Waals surface area contributed by atoms with Gasteiger partial charge in [-0.25, -0.2) is 0 Å². The molecule has 3 aliphatic rings. The van der Waals surface area contributed by atoms with E-state index in [1.165, 1.54) is 0 Å². The van der Waals surface area contributed by atoms with Gasteiger partial charge in [0.2, 0.25) is 0 Å². The molecule has 8 nitrogen and oxygen atoms in total. The van der Waals surface area contributed by atoms with Crippen molar-refractivity contribution in [3.63, 3.8) is 0 Å². The molecule has 2 aromatic carbocycles. The van der Waals surface area contributed by atoms with Gasteiger partial charge in [-0.2, -0.15) is 5.26 Å². The summed E-state index contributed by atoms with van der Waals surface area (Å²) < 4.78 is 10.7. The van der Waals surface area contributed by atoms with Crippen LogP contribution in [0.25, 0.3) is 16.8 Å². The van der Waals surface area contributed by atoms with Crippen molar-refractivity contribution in [2.45, 2.75) is 43.2 Å². The van der Waals surface area contributed by atoms with Crippen molar-refractivity contribution in [1.82, 2.24) is 10.2 Å². The van der Waals surface area contributed by atoms with Crippen LogP contribution in [0.2, 0.25) is 0 Å². The summed E-state index contributed by atoms with van der Waals surface area (Å²) >= 11 is 0. The topological polar surface area (TPSA) is 110 Å². The number of anilines is 1. The number of rotatable bonds is 8. The van der Waals surface area contributed by atoms with Crippen molar-refractivity contribution in [2.75, 3.05) is 51.3 Å². The molecule has 5 rings (SSSR count). The predicted molar refractivity (Wildman–Crippen MR) is 135 cm³/mol. The number of nitrogens with one attached hydrogen (secondary N) is 2. The fraction of sp³-hybridized carbons (Fsp3) is 0.519. The summed E-state index contributed by atoms with van der Waals surface area (Å²) in [5.74, 6) is 0. The molecule has 2 heterocycles. The van der Waals surface area contributed by atoms with Gasteiger partial charge >= 0.3 is 0 Å². The number of nitriles is 1. The quantitative estimate of drug-likeness (QED) is 0.427. The summed E-state index contributed by atoms with van der Waals surface area (Å²) in [4.78, 5) is 2.41. The SMILES string of the molecule is N#C/C(=C\c1ccc2cc(NCCN3CCOCC3)ccc2c1)C1(NC2CC(O)COC2O)CC1. The lowest BCUT2D eigenvalue weighted by molar-refractivity contribution is -0.174. The zero-order valence-corrected chi connectivity index (χ0v) is 19.9. The Morgan fingerprint density at radius 3 is 2.69 bits per heavy atom. The van der Waals surface area contributed by atoms with Crippen molar-refractivity contribution in [3.05, 3.63) is 47.5 Å². The lowest BCUT2D eigenvalue weighted by Gasteiger charge is -2.34. The molecule has 0 radical (unpaired) electrons. The highest BCUT2D eigenvalue weighted by molar-refractivity contribution is 5.88. The highest BCUT2D eigenvalue weighted by Crippen LogP contribution is 2.44. The van der Waals surface area contributed by atoms with E-state index in [2.05, 4.69) is 51.9 Å². The van der Waals surface area contributed by atoms with Crippen LogP contribution < -0.4 is 10.6 Å². The Hall–Kier alpha value is -2.51. The molecule has 2 aliphatic heterocycles. The van der Waals surface area contributed by atoms with Crippen LogP contribution in [0.5, 0.6) is 0 Å². The summed E-state index contributed by atoms with van der Waals surface area (Å²) in [6.45, 7) is 5.65. The number of aliphatic hydroxyl groups is 2. The Balaban J connectivity index is 1.25. The van der Waals surface area contributed by atoms with Gasteiger partial charge in [-0.3, -0.25) is 10.2 Å². The maximum Gasteiger partial charge on any atom is 0.170 e. The predicted octanol–water partition coefficient (Wildman–Crippen LogP) is 2.08. The van der Waals surface area contributed by atoms with Gasteiger partial charge < -0.3 is 25.0 Å². The molecule has 0 spiro atoms. The van der Waals surface area contributed by atoms with Crippen LogP contribution in [0.3, 0.4) is 0 Å². The fourth-order valence-electron chi connectivity index (χ4n) is 5.00. The molecule has 2 aromatic rings. The van der Waals surface area contributed by atoms with Crippen molar-refractivity contribution in [1.29, 1.82) is 5.26 Å². The Kier molecular flexibility index (Phi) is 7.35. The average Bonchev–Trinajstić information content (AvgIpc) is 3.65. The Bertz CT molecular complexity index is 1100. The van der Waals surface area contributed by atoms with Gasteiger partial charge in [-0.15, -0.1) is 0 Å². The molecule has 2 saturated heterocycles. The van der Waals surface area contributed by atoms with Crippen LogP contribution in [0, 0.1) is 11.3 Å². The van der Waals surface area contributed by atoms with Gasteiger partial charge in [0.15, 0.2) is 6.29 Å². The van der Waals surface area contributed by atoms with Crippen LogP contribution in [0.15, 0.2) is 42.0 Å². The summed E-state index contributed by atoms with van der Waals surface area (Å²) in [5.41, 5.74) is 2.24. The van der Waals surface area contributed by atoms with Gasteiger partial charge in [0.25, 0.3) is 0 Å². The number of fused-ring (bicyclic) bond motifs is 1. The third-order valence-electron chi connectivity index (χ3n) is 7.21. The highest BCUT2D eigenvalue weighted by Gasteiger charge is 2.49. The van der Waals surface area contributed by atoms with E-state index in [1.54, 1.807) is 0 Å². The second kappa shape index (κ2) is 10.6. The van der Waals surface area contributed by atoms with Crippen LogP contribution in [-0.4, -0.2) is 85.1 Å². The summed E-state index contributed by atoms with van der Waals surface area (Å²) in [6.07, 6.45) is 2.38. The minimum absolute atomic E-state index is 0.134. The number of ether oxygens (including phenoxy) is 2. The molecule has 3 fully saturated rings. The third-order valence-corrected chi connectivity index (χ3v) is 7.21. The van der Waals surface area contributed by atoms with Crippen molar-refractivity contribution in [3.8, 4) is 6.07 Å². The van der Waals surface area contributed by atoms with E-state index in [4.69, 9.17) is 9.47 Å². The van der Waals surface area contributed by atoms with Crippen LogP contribution in [0.4, 0.5) is 5.69 Å². The average molecular weight is 479 g/mol. The van der Waals surface area contributed by atoms with Crippen LogP contribution in [-0.2, 0) is 9.47 Å². The van der Waals surface area contributed by atoms with Crippen molar-refractivity contribution in [2.24, 2.45) is 0 Å². The van der Waals surface area contributed by atoms with E-state index >= 15 is 0 Å². The minimum Gasteiger partial charge on any atom is -0.391 e. The van der Waals surface area contributed by atoms with E-state index in [-0.39, 0.29) is 6.61 Å². The second-order valence-corrected chi connectivity index (χ2v) is 9.82. The Labute approximate surface area is 206 Å². The first kappa shape index (κ1) is 24.2. The summed E-state index contributed by atoms with van der Waals surface area (Å²) in [7, 11) is 0. The second-order valence-electron chi connectivity index (χ2n) is 9.82. The monoisotopic (exact) mass is 478 g/mol. The molecule has 0 bridgehead atoms. The molecule has 3 unspecified atom stereocenters. The van der Waals surface area contributed by atoms with E-state index in [9.17, 15) is 15.5 Å². The first-order valence-corrected chi connectivity index (χ1v) is 12.5. The zero-order valence-electron chi connectivity index (χ0n) is 19.9. The number of morpholine rings is 1. The van der Waals surface area contributed by atoms with Crippen molar-refractivity contribution < 1.29 is 19.7 Å². The summed E-state index contributed by atoms with van der Waals surface area (Å²) in [5, 5.41) is 39.2. The largest absolute Gasteiger partial charge is 0.391 e. The molecule has 0 aromatic heterocycles. The van der Waals surface area contributed by atoms with Gasteiger partial charge in [-0.05, 0) is 59.9 Å². The van der Waals surface area contributed by atoms with Crippen molar-refractivity contribution >= 4 is 22.5 Å². The number of hydrogen-bond acceptors (Lipinski definition) is 8. The number of nitrogens with zero attached hydrogens (tertiary/aromatic N) is 2. The first-order valence-electron chi connectivity index (χ1n) is 12.5. The van der Waals surface area contributed by atoms with E-state index < -0.39 is 24.0 Å². The Morgan fingerprint density at radius 1 is 1.14 bits per heavy atom. The minimum atomic E-state index is -0.979. The van der Waals surface area contributed by atoms with Gasteiger partial charge in [-0.1, -0.05) is 18.2 Å². The molecule has 35 heavy (non-hydrogen) atoms.